The monoisotopic (exact) mass is 325 g/mol. The number of carbonyl (C=O) groups is 3. The molecule has 0 aromatic carbocycles. The highest BCUT2D eigenvalue weighted by Crippen LogP contribution is 2.38. The minimum absolute atomic E-state index is 0.281. The van der Waals surface area contributed by atoms with Gasteiger partial charge in [-0.2, -0.15) is 0 Å². The Morgan fingerprint density at radius 3 is 2.39 bits per heavy atom. The van der Waals surface area contributed by atoms with Crippen molar-refractivity contribution in [2.45, 2.75) is 71.1 Å². The van der Waals surface area contributed by atoms with Crippen LogP contribution in [0.1, 0.15) is 53.4 Å². The molecular formula is C16H27N3O4. The smallest absolute Gasteiger partial charge is 0.408 e. The second kappa shape index (κ2) is 6.02. The van der Waals surface area contributed by atoms with E-state index in [0.29, 0.717) is 13.0 Å². The molecule has 1 heterocycles. The summed E-state index contributed by atoms with van der Waals surface area (Å²) in [5.41, 5.74) is 4.47. The lowest BCUT2D eigenvalue weighted by atomic mass is 9.85. The van der Waals surface area contributed by atoms with Gasteiger partial charge in [0.2, 0.25) is 11.8 Å². The molecule has 23 heavy (non-hydrogen) atoms. The summed E-state index contributed by atoms with van der Waals surface area (Å²) in [6, 6.07) is -1.36. The Morgan fingerprint density at radius 1 is 1.30 bits per heavy atom. The first-order valence-corrected chi connectivity index (χ1v) is 8.13. The van der Waals surface area contributed by atoms with Crippen LogP contribution in [0.2, 0.25) is 0 Å². The van der Waals surface area contributed by atoms with Crippen molar-refractivity contribution in [2.24, 2.45) is 11.1 Å². The molecule has 1 aliphatic heterocycles. The molecule has 3 N–H and O–H groups in total. The highest BCUT2D eigenvalue weighted by atomic mass is 16.6. The molecule has 1 saturated heterocycles. The minimum Gasteiger partial charge on any atom is -0.443 e. The normalized spacial score (nSPS) is 24.0. The van der Waals surface area contributed by atoms with Crippen LogP contribution in [-0.4, -0.2) is 47.0 Å². The predicted octanol–water partition coefficient (Wildman–Crippen LogP) is 1.16. The number of ether oxygens (including phenoxy) is 1. The van der Waals surface area contributed by atoms with Crippen LogP contribution in [0.25, 0.3) is 0 Å². The molecule has 7 nitrogen and oxygen atoms in total. The Kier molecular flexibility index (Phi) is 4.59. The van der Waals surface area contributed by atoms with Crippen molar-refractivity contribution in [3.63, 3.8) is 0 Å². The molecule has 0 aromatic rings. The molecule has 0 bridgehead atoms. The van der Waals surface area contributed by atoms with Crippen LogP contribution in [-0.2, 0) is 14.3 Å². The van der Waals surface area contributed by atoms with E-state index in [1.165, 1.54) is 4.90 Å². The lowest BCUT2D eigenvalue weighted by Crippen LogP contribution is -2.57. The van der Waals surface area contributed by atoms with Crippen molar-refractivity contribution < 1.29 is 19.1 Å². The van der Waals surface area contributed by atoms with E-state index in [2.05, 4.69) is 5.32 Å². The quantitative estimate of drug-likeness (QED) is 0.809. The Hall–Kier alpha value is -1.79. The summed E-state index contributed by atoms with van der Waals surface area (Å²) in [5, 5.41) is 2.69. The average Bonchev–Trinajstić information content (AvgIpc) is 2.94. The molecule has 3 amide bonds. The summed E-state index contributed by atoms with van der Waals surface area (Å²) in [4.78, 5) is 38.0. The maximum atomic E-state index is 12.9. The van der Waals surface area contributed by atoms with Gasteiger partial charge in [-0.3, -0.25) is 9.59 Å². The maximum Gasteiger partial charge on any atom is 0.408 e. The molecular weight excluding hydrogens is 298 g/mol. The lowest BCUT2D eigenvalue weighted by Gasteiger charge is -2.35. The van der Waals surface area contributed by atoms with Gasteiger partial charge in [-0.1, -0.05) is 20.8 Å². The Balaban J connectivity index is 2.09. The van der Waals surface area contributed by atoms with Crippen LogP contribution in [0.15, 0.2) is 0 Å². The predicted molar refractivity (Wildman–Crippen MR) is 84.4 cm³/mol. The topological polar surface area (TPSA) is 102 Å². The zero-order valence-corrected chi connectivity index (χ0v) is 14.3. The molecule has 2 aliphatic rings. The Bertz CT molecular complexity index is 508. The van der Waals surface area contributed by atoms with Crippen LogP contribution >= 0.6 is 0 Å². The number of primary amides is 1. The fraction of sp³-hybridized carbons (Fsp3) is 0.812. The lowest BCUT2D eigenvalue weighted by molar-refractivity contribution is -0.141. The van der Waals surface area contributed by atoms with E-state index in [-0.39, 0.29) is 5.91 Å². The summed E-state index contributed by atoms with van der Waals surface area (Å²) in [6.45, 7) is 7.94. The summed E-state index contributed by atoms with van der Waals surface area (Å²) in [6.07, 6.45) is 2.39. The fourth-order valence-corrected chi connectivity index (χ4v) is 2.79. The molecule has 7 heteroatoms. The van der Waals surface area contributed by atoms with E-state index < -0.39 is 35.1 Å². The molecule has 2 atom stereocenters. The van der Waals surface area contributed by atoms with E-state index in [4.69, 9.17) is 10.5 Å². The van der Waals surface area contributed by atoms with Gasteiger partial charge >= 0.3 is 6.09 Å². The van der Waals surface area contributed by atoms with Gasteiger partial charge in [0, 0.05) is 6.54 Å². The van der Waals surface area contributed by atoms with Crippen LogP contribution in [0.3, 0.4) is 0 Å². The van der Waals surface area contributed by atoms with E-state index in [9.17, 15) is 14.4 Å². The van der Waals surface area contributed by atoms with Crippen LogP contribution < -0.4 is 11.1 Å². The molecule has 2 fully saturated rings. The second-order valence-electron chi connectivity index (χ2n) is 7.87. The van der Waals surface area contributed by atoms with E-state index in [0.717, 1.165) is 19.3 Å². The Morgan fingerprint density at radius 2 is 1.91 bits per heavy atom. The second-order valence-corrected chi connectivity index (χ2v) is 7.87. The number of nitrogens with one attached hydrogen (secondary N) is 1. The van der Waals surface area contributed by atoms with Crippen LogP contribution in [0.5, 0.6) is 0 Å². The van der Waals surface area contributed by atoms with Crippen LogP contribution in [0.4, 0.5) is 4.79 Å². The molecule has 1 aliphatic carbocycles. The van der Waals surface area contributed by atoms with Crippen molar-refractivity contribution in [2.75, 3.05) is 6.54 Å². The van der Waals surface area contributed by atoms with Gasteiger partial charge in [0.15, 0.2) is 0 Å². The number of alkyl carbamates (subject to hydrolysis) is 1. The van der Waals surface area contributed by atoms with Gasteiger partial charge in [-0.15, -0.1) is 0 Å². The third kappa shape index (κ3) is 4.14. The van der Waals surface area contributed by atoms with E-state index in [1.807, 2.05) is 27.7 Å². The largest absolute Gasteiger partial charge is 0.443 e. The number of hydrogen-bond acceptors (Lipinski definition) is 4. The van der Waals surface area contributed by atoms with E-state index >= 15 is 0 Å². The molecule has 1 saturated carbocycles. The minimum atomic E-state index is -0.766. The van der Waals surface area contributed by atoms with Crippen molar-refractivity contribution in [1.82, 2.24) is 10.2 Å². The maximum absolute atomic E-state index is 12.9. The Labute approximate surface area is 136 Å². The van der Waals surface area contributed by atoms with Gasteiger partial charge in [-0.05, 0) is 38.0 Å². The van der Waals surface area contributed by atoms with Gasteiger partial charge in [-0.25, -0.2) is 4.79 Å². The number of likely N-dealkylation sites (tertiary alicyclic amines) is 1. The summed E-state index contributed by atoms with van der Waals surface area (Å²) < 4.78 is 5.35. The molecule has 0 radical (unpaired) electrons. The first kappa shape index (κ1) is 17.6. The zero-order chi connectivity index (χ0) is 17.4. The standard InChI is InChI=1S/C16H27N3O4/c1-15(2,3)11(18-14(22)23-16(4)7-8-16)13(21)19-9-5-6-10(19)12(17)20/h10-11H,5-9H2,1-4H3,(H2,17,20)(H,18,22)/t10-,11+/m0/s1. The van der Waals surface area contributed by atoms with Crippen LogP contribution in [0, 0.1) is 5.41 Å². The fourth-order valence-electron chi connectivity index (χ4n) is 2.79. The first-order chi connectivity index (χ1) is 10.5. The molecule has 130 valence electrons. The molecule has 2 rings (SSSR count). The summed E-state index contributed by atoms with van der Waals surface area (Å²) >= 11 is 0. The number of hydrogen-bond donors (Lipinski definition) is 2. The van der Waals surface area contributed by atoms with Gasteiger partial charge in [0.05, 0.1) is 0 Å². The average molecular weight is 325 g/mol. The number of carbonyl (C=O) groups excluding carboxylic acids is 3. The van der Waals surface area contributed by atoms with Crippen molar-refractivity contribution in [3.05, 3.63) is 0 Å². The highest BCUT2D eigenvalue weighted by molar-refractivity contribution is 5.91. The molecule has 0 spiro atoms. The number of rotatable bonds is 4. The number of amides is 3. The SMILES string of the molecule is CC1(OC(=O)N[C@H](C(=O)N2CCC[C@H]2C(N)=O)C(C)(C)C)CC1. The summed E-state index contributed by atoms with van der Waals surface area (Å²) in [5.74, 6) is -0.784. The third-order valence-corrected chi connectivity index (χ3v) is 4.53. The highest BCUT2D eigenvalue weighted by Gasteiger charge is 2.45. The van der Waals surface area contributed by atoms with Gasteiger partial charge < -0.3 is 20.7 Å². The van der Waals surface area contributed by atoms with Crippen molar-refractivity contribution in [3.8, 4) is 0 Å². The third-order valence-electron chi connectivity index (χ3n) is 4.53. The van der Waals surface area contributed by atoms with Crippen molar-refractivity contribution in [1.29, 1.82) is 0 Å². The summed E-state index contributed by atoms with van der Waals surface area (Å²) in [7, 11) is 0. The van der Waals surface area contributed by atoms with E-state index in [1.54, 1.807) is 0 Å². The number of nitrogens with zero attached hydrogens (tertiary/aromatic N) is 1. The van der Waals surface area contributed by atoms with Crippen molar-refractivity contribution >= 4 is 17.9 Å². The van der Waals surface area contributed by atoms with Gasteiger partial charge in [0.1, 0.15) is 17.7 Å². The first-order valence-electron chi connectivity index (χ1n) is 8.13. The van der Waals surface area contributed by atoms with Gasteiger partial charge in [0.25, 0.3) is 0 Å². The molecule has 0 aromatic heterocycles. The zero-order valence-electron chi connectivity index (χ0n) is 14.3. The molecule has 0 unspecified atom stereocenters. The number of nitrogens with two attached hydrogens (primary N) is 1.